The highest BCUT2D eigenvalue weighted by atomic mass is 127. The van der Waals surface area contributed by atoms with Gasteiger partial charge in [-0.25, -0.2) is 18.1 Å². The third-order valence-electron chi connectivity index (χ3n) is 4.79. The number of sulfonamides is 1. The average molecular weight is 538 g/mol. The lowest BCUT2D eigenvalue weighted by molar-refractivity contribution is 0.0468. The van der Waals surface area contributed by atoms with Gasteiger partial charge in [-0.2, -0.15) is 0 Å². The maximum Gasteiger partial charge on any atom is 0.240 e. The normalized spacial score (nSPS) is 16.0. The van der Waals surface area contributed by atoms with E-state index in [-0.39, 0.29) is 28.9 Å². The fourth-order valence-corrected chi connectivity index (χ4v) is 4.04. The second-order valence-electron chi connectivity index (χ2n) is 6.96. The van der Waals surface area contributed by atoms with Crippen LogP contribution in [0.25, 0.3) is 0 Å². The van der Waals surface area contributed by atoms with Crippen molar-refractivity contribution in [3.05, 3.63) is 29.8 Å². The van der Waals surface area contributed by atoms with Crippen LogP contribution >= 0.6 is 24.0 Å². The van der Waals surface area contributed by atoms with E-state index in [2.05, 4.69) is 20.3 Å². The summed E-state index contributed by atoms with van der Waals surface area (Å²) in [5, 5.41) is 6.50. The first-order chi connectivity index (χ1) is 13.5. The van der Waals surface area contributed by atoms with Crippen molar-refractivity contribution in [2.24, 2.45) is 4.99 Å². The molecule has 0 bridgehead atoms. The number of halogens is 1. The first-order valence-corrected chi connectivity index (χ1v) is 11.7. The van der Waals surface area contributed by atoms with Gasteiger partial charge < -0.3 is 15.4 Å². The largest absolute Gasteiger partial charge is 0.376 e. The minimum Gasteiger partial charge on any atom is -0.376 e. The molecule has 0 aliphatic heterocycles. The Morgan fingerprint density at radius 3 is 2.55 bits per heavy atom. The Hall–Kier alpha value is -0.910. The van der Waals surface area contributed by atoms with Crippen LogP contribution in [0.1, 0.15) is 51.0 Å². The minimum atomic E-state index is -3.45. The van der Waals surface area contributed by atoms with Gasteiger partial charge in [0.15, 0.2) is 5.96 Å². The average Bonchev–Trinajstić information content (AvgIpc) is 2.98. The monoisotopic (exact) mass is 538 g/mol. The Morgan fingerprint density at radius 2 is 1.90 bits per heavy atom. The summed E-state index contributed by atoms with van der Waals surface area (Å²) in [4.78, 5) is 4.80. The van der Waals surface area contributed by atoms with Gasteiger partial charge in [0, 0.05) is 13.1 Å². The SMILES string of the molecule is CCNC(=NCc1cccc(S(=O)(=O)NC)c1)NCCOC1CCCCCC1.I. The molecule has 29 heavy (non-hydrogen) atoms. The van der Waals surface area contributed by atoms with E-state index in [1.165, 1.54) is 45.6 Å². The van der Waals surface area contributed by atoms with Crippen molar-refractivity contribution < 1.29 is 13.2 Å². The van der Waals surface area contributed by atoms with E-state index in [0.717, 1.165) is 12.1 Å². The molecule has 0 spiro atoms. The lowest BCUT2D eigenvalue weighted by atomic mass is 10.1. The molecule has 0 saturated heterocycles. The second-order valence-corrected chi connectivity index (χ2v) is 8.85. The molecule has 0 unspecified atom stereocenters. The Morgan fingerprint density at radius 1 is 1.17 bits per heavy atom. The van der Waals surface area contributed by atoms with Gasteiger partial charge in [-0.15, -0.1) is 24.0 Å². The van der Waals surface area contributed by atoms with Crippen molar-refractivity contribution in [1.29, 1.82) is 0 Å². The number of hydrogen-bond acceptors (Lipinski definition) is 4. The van der Waals surface area contributed by atoms with Crippen molar-refractivity contribution >= 4 is 40.0 Å². The first-order valence-electron chi connectivity index (χ1n) is 10.2. The van der Waals surface area contributed by atoms with E-state index < -0.39 is 10.0 Å². The molecule has 0 amide bonds. The van der Waals surface area contributed by atoms with Crippen molar-refractivity contribution in [3.63, 3.8) is 0 Å². The number of ether oxygens (including phenoxy) is 1. The maximum atomic E-state index is 11.9. The highest BCUT2D eigenvalue weighted by molar-refractivity contribution is 14.0. The van der Waals surface area contributed by atoms with E-state index >= 15 is 0 Å². The van der Waals surface area contributed by atoms with Gasteiger partial charge >= 0.3 is 0 Å². The molecular weight excluding hydrogens is 503 g/mol. The maximum absolute atomic E-state index is 11.9. The van der Waals surface area contributed by atoms with Crippen LogP contribution in [0, 0.1) is 0 Å². The number of nitrogens with zero attached hydrogens (tertiary/aromatic N) is 1. The van der Waals surface area contributed by atoms with Gasteiger partial charge in [0.25, 0.3) is 0 Å². The Kier molecular flexibility index (Phi) is 12.8. The summed E-state index contributed by atoms with van der Waals surface area (Å²) in [7, 11) is -2.04. The topological polar surface area (TPSA) is 91.8 Å². The summed E-state index contributed by atoms with van der Waals surface area (Å²) < 4.78 is 32.2. The third kappa shape index (κ3) is 9.63. The van der Waals surface area contributed by atoms with Crippen molar-refractivity contribution in [2.45, 2.75) is 63.0 Å². The summed E-state index contributed by atoms with van der Waals surface area (Å²) >= 11 is 0. The summed E-state index contributed by atoms with van der Waals surface area (Å²) in [6.45, 7) is 4.51. The van der Waals surface area contributed by atoms with Crippen molar-refractivity contribution in [1.82, 2.24) is 15.4 Å². The number of guanidine groups is 1. The number of nitrogens with one attached hydrogen (secondary N) is 3. The molecule has 0 atom stereocenters. The highest BCUT2D eigenvalue weighted by Gasteiger charge is 2.13. The zero-order chi connectivity index (χ0) is 20.2. The number of aliphatic imine (C=N–C) groups is 1. The van der Waals surface area contributed by atoms with E-state index in [9.17, 15) is 8.42 Å². The molecule has 1 saturated carbocycles. The second kappa shape index (κ2) is 14.2. The number of benzene rings is 1. The number of hydrogen-bond donors (Lipinski definition) is 3. The van der Waals surface area contributed by atoms with Crippen LogP contribution in [0.4, 0.5) is 0 Å². The lowest BCUT2D eigenvalue weighted by Crippen LogP contribution is -2.39. The fourth-order valence-electron chi connectivity index (χ4n) is 3.24. The molecule has 166 valence electrons. The van der Waals surface area contributed by atoms with Crippen LogP contribution in [0.5, 0.6) is 0 Å². The predicted molar refractivity (Wildman–Crippen MR) is 128 cm³/mol. The summed E-state index contributed by atoms with van der Waals surface area (Å²) in [6.07, 6.45) is 7.91. The summed E-state index contributed by atoms with van der Waals surface area (Å²) in [5.41, 5.74) is 0.836. The van der Waals surface area contributed by atoms with E-state index in [1.54, 1.807) is 18.2 Å². The zero-order valence-electron chi connectivity index (χ0n) is 17.4. The van der Waals surface area contributed by atoms with E-state index in [1.807, 2.05) is 13.0 Å². The quantitative estimate of drug-likeness (QED) is 0.148. The van der Waals surface area contributed by atoms with E-state index in [0.29, 0.717) is 31.8 Å². The molecule has 7 nitrogen and oxygen atoms in total. The molecule has 0 radical (unpaired) electrons. The smallest absolute Gasteiger partial charge is 0.240 e. The van der Waals surface area contributed by atoms with Crippen LogP contribution in [0.3, 0.4) is 0 Å². The highest BCUT2D eigenvalue weighted by Crippen LogP contribution is 2.19. The molecule has 1 fully saturated rings. The van der Waals surface area contributed by atoms with Crippen molar-refractivity contribution in [2.75, 3.05) is 26.7 Å². The summed E-state index contributed by atoms with van der Waals surface area (Å²) in [6, 6.07) is 6.83. The molecule has 1 aliphatic carbocycles. The predicted octanol–water partition coefficient (Wildman–Crippen LogP) is 3.01. The van der Waals surface area contributed by atoms with Gasteiger partial charge in [0.2, 0.25) is 10.0 Å². The Labute approximate surface area is 192 Å². The number of rotatable bonds is 9. The lowest BCUT2D eigenvalue weighted by Gasteiger charge is -2.16. The standard InChI is InChI=1S/C20H34N4O3S.HI/c1-3-22-20(23-13-14-27-18-10-6-4-5-7-11-18)24-16-17-9-8-12-19(15-17)28(25,26)21-2;/h8-9,12,15,18,21H,3-7,10-11,13-14,16H2,1-2H3,(H2,22,23,24);1H. The molecule has 2 rings (SSSR count). The molecule has 1 aliphatic rings. The zero-order valence-corrected chi connectivity index (χ0v) is 20.6. The molecule has 9 heteroatoms. The first kappa shape index (κ1) is 26.1. The van der Waals surface area contributed by atoms with Crippen LogP contribution in [0.2, 0.25) is 0 Å². The van der Waals surface area contributed by atoms with Crippen LogP contribution in [-0.2, 0) is 21.3 Å². The Balaban J connectivity index is 0.00000420. The molecule has 1 aromatic carbocycles. The van der Waals surface area contributed by atoms with Gasteiger partial charge in [-0.05, 0) is 44.5 Å². The Bertz CT molecular complexity index is 720. The van der Waals surface area contributed by atoms with Gasteiger partial charge in [-0.3, -0.25) is 0 Å². The van der Waals surface area contributed by atoms with Gasteiger partial charge in [0.1, 0.15) is 0 Å². The molecule has 1 aromatic rings. The fraction of sp³-hybridized carbons (Fsp3) is 0.650. The molecular formula is C20H35IN4O3S. The van der Waals surface area contributed by atoms with Crippen LogP contribution in [-0.4, -0.2) is 47.2 Å². The van der Waals surface area contributed by atoms with Crippen LogP contribution < -0.4 is 15.4 Å². The molecule has 0 heterocycles. The van der Waals surface area contributed by atoms with E-state index in [4.69, 9.17) is 4.74 Å². The van der Waals surface area contributed by atoms with Gasteiger partial charge in [0.05, 0.1) is 24.2 Å². The summed E-state index contributed by atoms with van der Waals surface area (Å²) in [5.74, 6) is 0.703. The third-order valence-corrected chi connectivity index (χ3v) is 6.20. The molecule has 3 N–H and O–H groups in total. The molecule has 0 aromatic heterocycles. The van der Waals surface area contributed by atoms with Crippen molar-refractivity contribution in [3.8, 4) is 0 Å². The van der Waals surface area contributed by atoms with Gasteiger partial charge in [-0.1, -0.05) is 37.8 Å². The minimum absolute atomic E-state index is 0. The van der Waals surface area contributed by atoms with Crippen LogP contribution in [0.15, 0.2) is 34.2 Å².